The molecule has 0 atom stereocenters. The molecule has 0 radical (unpaired) electrons. The summed E-state index contributed by atoms with van der Waals surface area (Å²) in [6.07, 6.45) is 1.64. The van der Waals surface area contributed by atoms with Crippen LogP contribution in [0.25, 0.3) is 0 Å². The summed E-state index contributed by atoms with van der Waals surface area (Å²) in [5.41, 5.74) is -0.685. The SMILES string of the molecule is C=CCSCCNC(=O)NC(=O)CC(C)(C)CC(=O)O. The van der Waals surface area contributed by atoms with Crippen molar-refractivity contribution in [2.24, 2.45) is 5.41 Å². The number of rotatable bonds is 9. The minimum absolute atomic E-state index is 0.0159. The highest BCUT2D eigenvalue weighted by molar-refractivity contribution is 7.99. The highest BCUT2D eigenvalue weighted by atomic mass is 32.2. The van der Waals surface area contributed by atoms with Gasteiger partial charge in [-0.3, -0.25) is 14.9 Å². The number of carbonyl (C=O) groups is 3. The largest absolute Gasteiger partial charge is 0.481 e. The van der Waals surface area contributed by atoms with Crippen molar-refractivity contribution in [2.45, 2.75) is 26.7 Å². The number of carbonyl (C=O) groups excluding carboxylic acids is 2. The standard InChI is InChI=1S/C13H22N2O4S/c1-4-6-20-7-5-14-12(19)15-10(16)8-13(2,3)9-11(17)18/h4H,1,5-9H2,2-3H3,(H,17,18)(H2,14,15,16,19). The van der Waals surface area contributed by atoms with Crippen molar-refractivity contribution in [3.63, 3.8) is 0 Å². The van der Waals surface area contributed by atoms with Crippen LogP contribution in [0.5, 0.6) is 0 Å². The molecule has 0 saturated carbocycles. The van der Waals surface area contributed by atoms with Gasteiger partial charge in [-0.05, 0) is 5.41 Å². The Balaban J connectivity index is 3.92. The number of aliphatic carboxylic acids is 1. The van der Waals surface area contributed by atoms with Gasteiger partial charge in [0, 0.05) is 24.5 Å². The summed E-state index contributed by atoms with van der Waals surface area (Å²) in [4.78, 5) is 33.6. The Kier molecular flexibility index (Phi) is 8.71. The Bertz CT molecular complexity index is 369. The smallest absolute Gasteiger partial charge is 0.321 e. The molecule has 0 saturated heterocycles. The van der Waals surface area contributed by atoms with E-state index in [9.17, 15) is 14.4 Å². The average molecular weight is 302 g/mol. The van der Waals surface area contributed by atoms with Crippen molar-refractivity contribution in [2.75, 3.05) is 18.1 Å². The molecule has 0 aliphatic rings. The van der Waals surface area contributed by atoms with E-state index in [1.54, 1.807) is 31.7 Å². The molecule has 3 N–H and O–H groups in total. The maximum atomic E-state index is 11.6. The van der Waals surface area contributed by atoms with E-state index in [2.05, 4.69) is 17.2 Å². The molecule has 3 amide bonds. The number of thioether (sulfide) groups is 1. The van der Waals surface area contributed by atoms with E-state index in [0.717, 1.165) is 11.5 Å². The van der Waals surface area contributed by atoms with Gasteiger partial charge >= 0.3 is 12.0 Å². The summed E-state index contributed by atoms with van der Waals surface area (Å²) >= 11 is 1.62. The van der Waals surface area contributed by atoms with Gasteiger partial charge in [-0.15, -0.1) is 6.58 Å². The van der Waals surface area contributed by atoms with Gasteiger partial charge in [0.15, 0.2) is 0 Å². The number of carboxylic acid groups (broad SMARTS) is 1. The van der Waals surface area contributed by atoms with Crippen molar-refractivity contribution in [3.05, 3.63) is 12.7 Å². The number of carboxylic acids is 1. The van der Waals surface area contributed by atoms with E-state index in [0.29, 0.717) is 6.54 Å². The molecular weight excluding hydrogens is 280 g/mol. The number of imide groups is 1. The first-order valence-corrected chi connectivity index (χ1v) is 7.40. The molecule has 0 aromatic heterocycles. The molecule has 0 spiro atoms. The normalized spacial score (nSPS) is 10.7. The predicted molar refractivity (Wildman–Crippen MR) is 79.7 cm³/mol. The molecule has 0 rings (SSSR count). The lowest BCUT2D eigenvalue weighted by Crippen LogP contribution is -2.41. The highest BCUT2D eigenvalue weighted by Gasteiger charge is 2.25. The van der Waals surface area contributed by atoms with Crippen LogP contribution in [0.2, 0.25) is 0 Å². The second-order valence-corrected chi connectivity index (χ2v) is 6.23. The Morgan fingerprint density at radius 3 is 2.50 bits per heavy atom. The summed E-state index contributed by atoms with van der Waals surface area (Å²) < 4.78 is 0. The maximum absolute atomic E-state index is 11.6. The molecule has 0 aromatic carbocycles. The second kappa shape index (κ2) is 9.41. The third kappa shape index (κ3) is 10.4. The van der Waals surface area contributed by atoms with Crippen molar-refractivity contribution < 1.29 is 19.5 Å². The zero-order valence-electron chi connectivity index (χ0n) is 11.9. The van der Waals surface area contributed by atoms with Crippen LogP contribution in [0, 0.1) is 5.41 Å². The third-order valence-corrected chi connectivity index (χ3v) is 3.25. The van der Waals surface area contributed by atoms with E-state index < -0.39 is 23.3 Å². The summed E-state index contributed by atoms with van der Waals surface area (Å²) in [5.74, 6) is 0.100. The van der Waals surface area contributed by atoms with Crippen LogP contribution in [0.1, 0.15) is 26.7 Å². The molecular formula is C13H22N2O4S. The fourth-order valence-electron chi connectivity index (χ4n) is 1.52. The van der Waals surface area contributed by atoms with Gasteiger partial charge < -0.3 is 10.4 Å². The number of nitrogens with one attached hydrogen (secondary N) is 2. The minimum Gasteiger partial charge on any atom is -0.481 e. The summed E-state index contributed by atoms with van der Waals surface area (Å²) in [6, 6.07) is -0.555. The maximum Gasteiger partial charge on any atom is 0.321 e. The number of hydrogen-bond acceptors (Lipinski definition) is 4. The molecule has 7 heteroatoms. The van der Waals surface area contributed by atoms with Crippen LogP contribution in [0.15, 0.2) is 12.7 Å². The Hall–Kier alpha value is -1.50. The van der Waals surface area contributed by atoms with E-state index in [1.165, 1.54) is 0 Å². The van der Waals surface area contributed by atoms with Crippen LogP contribution in [0.4, 0.5) is 4.79 Å². The number of amides is 3. The first-order valence-electron chi connectivity index (χ1n) is 6.25. The van der Waals surface area contributed by atoms with E-state index >= 15 is 0 Å². The van der Waals surface area contributed by atoms with Gasteiger partial charge in [-0.1, -0.05) is 19.9 Å². The van der Waals surface area contributed by atoms with E-state index in [1.807, 2.05) is 0 Å². The van der Waals surface area contributed by atoms with Gasteiger partial charge in [-0.2, -0.15) is 11.8 Å². The lowest BCUT2D eigenvalue weighted by molar-refractivity contribution is -0.139. The van der Waals surface area contributed by atoms with Crippen LogP contribution in [-0.4, -0.2) is 41.1 Å². The second-order valence-electron chi connectivity index (χ2n) is 5.08. The minimum atomic E-state index is -0.966. The van der Waals surface area contributed by atoms with Crippen molar-refractivity contribution in [1.82, 2.24) is 10.6 Å². The van der Waals surface area contributed by atoms with E-state index in [-0.39, 0.29) is 12.8 Å². The zero-order valence-corrected chi connectivity index (χ0v) is 12.7. The average Bonchev–Trinajstić information content (AvgIpc) is 2.25. The summed E-state index contributed by atoms with van der Waals surface area (Å²) in [6.45, 7) is 7.38. The van der Waals surface area contributed by atoms with Crippen molar-refractivity contribution >= 4 is 29.7 Å². The Morgan fingerprint density at radius 2 is 1.95 bits per heavy atom. The number of hydrogen-bond donors (Lipinski definition) is 3. The van der Waals surface area contributed by atoms with Crippen LogP contribution in [-0.2, 0) is 9.59 Å². The van der Waals surface area contributed by atoms with Crippen LogP contribution < -0.4 is 10.6 Å². The molecule has 0 unspecified atom stereocenters. The van der Waals surface area contributed by atoms with Crippen molar-refractivity contribution in [3.8, 4) is 0 Å². The molecule has 114 valence electrons. The molecule has 0 fully saturated rings. The Labute approximate surface area is 123 Å². The fraction of sp³-hybridized carbons (Fsp3) is 0.615. The molecule has 0 aliphatic carbocycles. The van der Waals surface area contributed by atoms with Crippen molar-refractivity contribution in [1.29, 1.82) is 0 Å². The van der Waals surface area contributed by atoms with Crippen LogP contribution in [0.3, 0.4) is 0 Å². The molecule has 0 heterocycles. The zero-order chi connectivity index (χ0) is 15.6. The highest BCUT2D eigenvalue weighted by Crippen LogP contribution is 2.24. The molecule has 0 bridgehead atoms. The first kappa shape index (κ1) is 18.5. The first-order chi connectivity index (χ1) is 9.26. The molecule has 20 heavy (non-hydrogen) atoms. The lowest BCUT2D eigenvalue weighted by atomic mass is 9.85. The van der Waals surface area contributed by atoms with Crippen LogP contribution >= 0.6 is 11.8 Å². The van der Waals surface area contributed by atoms with Gasteiger partial charge in [0.25, 0.3) is 0 Å². The van der Waals surface area contributed by atoms with Gasteiger partial charge in [-0.25, -0.2) is 4.79 Å². The fourth-order valence-corrected chi connectivity index (χ4v) is 2.10. The Morgan fingerprint density at radius 1 is 1.30 bits per heavy atom. The van der Waals surface area contributed by atoms with Gasteiger partial charge in [0.05, 0.1) is 6.42 Å². The monoisotopic (exact) mass is 302 g/mol. The summed E-state index contributed by atoms with van der Waals surface area (Å²) in [5, 5.41) is 13.5. The third-order valence-electron chi connectivity index (χ3n) is 2.29. The summed E-state index contributed by atoms with van der Waals surface area (Å²) in [7, 11) is 0. The lowest BCUT2D eigenvalue weighted by Gasteiger charge is -2.21. The molecule has 6 nitrogen and oxygen atoms in total. The molecule has 0 aliphatic heterocycles. The van der Waals surface area contributed by atoms with Gasteiger partial charge in [0.1, 0.15) is 0 Å². The van der Waals surface area contributed by atoms with Gasteiger partial charge in [0.2, 0.25) is 5.91 Å². The number of urea groups is 1. The quantitative estimate of drug-likeness (QED) is 0.444. The topological polar surface area (TPSA) is 95.5 Å². The molecule has 0 aromatic rings. The van der Waals surface area contributed by atoms with E-state index in [4.69, 9.17) is 5.11 Å². The predicted octanol–water partition coefficient (Wildman–Crippen LogP) is 1.62.